The number of aromatic hydroxyl groups is 1. The standard InChI is InChI=1S/C26H27F2N3O2/c1-15-11-21(25(33)31-16(15)2)24(18-4-6-20(32)7-5-18)26(29)9-10-30-19(14-26)12-17-3-8-22(27)23(28)13-17/h3-8,11,13,19,24,30,32H,1-2,9-10,12,14,29H2,(H,31,33). The summed E-state index contributed by atoms with van der Waals surface area (Å²) in [6.45, 7) is 8.39. The summed E-state index contributed by atoms with van der Waals surface area (Å²) in [6, 6.07) is 12.2. The molecule has 1 aromatic heterocycles. The lowest BCUT2D eigenvalue weighted by atomic mass is 9.69. The van der Waals surface area contributed by atoms with Gasteiger partial charge in [-0.05, 0) is 72.5 Å². The van der Waals surface area contributed by atoms with Gasteiger partial charge in [-0.25, -0.2) is 8.78 Å². The van der Waals surface area contributed by atoms with E-state index in [1.165, 1.54) is 6.07 Å². The van der Waals surface area contributed by atoms with Gasteiger partial charge < -0.3 is 21.1 Å². The zero-order chi connectivity index (χ0) is 23.8. The number of hydrogen-bond donors (Lipinski definition) is 4. The monoisotopic (exact) mass is 451 g/mol. The number of rotatable bonds is 5. The molecule has 0 amide bonds. The van der Waals surface area contributed by atoms with Crippen LogP contribution in [0.15, 0.2) is 53.3 Å². The number of nitrogens with one attached hydrogen (secondary N) is 2. The highest BCUT2D eigenvalue weighted by atomic mass is 19.2. The SMILES string of the molecule is C=c1cc(C(c2ccc(O)cc2)C2(N)CCNC(Cc3ccc(F)c(F)c3)C2)c(=O)[nH]c1=C. The molecule has 7 heteroatoms. The molecular weight excluding hydrogens is 424 g/mol. The van der Waals surface area contributed by atoms with Gasteiger partial charge in [0.05, 0.1) is 0 Å². The molecule has 0 radical (unpaired) electrons. The van der Waals surface area contributed by atoms with Crippen molar-refractivity contribution < 1.29 is 13.9 Å². The Hall–Kier alpha value is -3.29. The molecule has 33 heavy (non-hydrogen) atoms. The molecule has 3 unspecified atom stereocenters. The van der Waals surface area contributed by atoms with E-state index in [1.54, 1.807) is 36.4 Å². The third-order valence-corrected chi connectivity index (χ3v) is 6.47. The fourth-order valence-electron chi connectivity index (χ4n) is 4.83. The maximum atomic E-state index is 13.7. The largest absolute Gasteiger partial charge is 0.508 e. The molecule has 0 spiro atoms. The Kier molecular flexibility index (Phi) is 6.19. The van der Waals surface area contributed by atoms with Crippen molar-refractivity contribution in [3.05, 3.63) is 97.8 Å². The molecule has 3 atom stereocenters. The molecule has 1 saturated heterocycles. The molecule has 3 aromatic rings. The van der Waals surface area contributed by atoms with Gasteiger partial charge in [0.25, 0.3) is 5.56 Å². The van der Waals surface area contributed by atoms with Crippen molar-refractivity contribution in [2.24, 2.45) is 5.73 Å². The zero-order valence-corrected chi connectivity index (χ0v) is 18.2. The molecule has 5 nitrogen and oxygen atoms in total. The molecule has 0 aliphatic carbocycles. The highest BCUT2D eigenvalue weighted by molar-refractivity contribution is 5.39. The minimum Gasteiger partial charge on any atom is -0.508 e. The number of aromatic amines is 1. The van der Waals surface area contributed by atoms with E-state index in [0.717, 1.165) is 11.6 Å². The van der Waals surface area contributed by atoms with E-state index in [9.17, 15) is 18.7 Å². The number of aromatic nitrogens is 1. The first-order chi connectivity index (χ1) is 15.7. The van der Waals surface area contributed by atoms with Crippen molar-refractivity contribution in [2.75, 3.05) is 6.54 Å². The number of halogens is 2. The van der Waals surface area contributed by atoms with E-state index < -0.39 is 23.1 Å². The van der Waals surface area contributed by atoms with Gasteiger partial charge in [0, 0.05) is 28.4 Å². The molecule has 4 rings (SSSR count). The minimum atomic E-state index is -0.882. The van der Waals surface area contributed by atoms with Crippen LogP contribution >= 0.6 is 0 Å². The van der Waals surface area contributed by atoms with E-state index in [4.69, 9.17) is 5.73 Å². The van der Waals surface area contributed by atoms with Crippen LogP contribution in [0.4, 0.5) is 8.78 Å². The molecule has 2 heterocycles. The third-order valence-electron chi connectivity index (χ3n) is 6.47. The van der Waals surface area contributed by atoms with Crippen molar-refractivity contribution >= 4 is 13.2 Å². The lowest BCUT2D eigenvalue weighted by molar-refractivity contribution is 0.230. The average Bonchev–Trinajstić information content (AvgIpc) is 2.76. The van der Waals surface area contributed by atoms with Gasteiger partial charge in [-0.3, -0.25) is 4.79 Å². The quantitative estimate of drug-likeness (QED) is 0.478. The molecule has 1 aliphatic rings. The number of phenolic OH excluding ortho intramolecular Hbond substituents is 1. The molecule has 2 aromatic carbocycles. The smallest absolute Gasteiger partial charge is 0.252 e. The highest BCUT2D eigenvalue weighted by Crippen LogP contribution is 2.39. The summed E-state index contributed by atoms with van der Waals surface area (Å²) in [5, 5.41) is 14.2. The van der Waals surface area contributed by atoms with Gasteiger partial charge in [0.2, 0.25) is 0 Å². The maximum absolute atomic E-state index is 13.7. The molecule has 0 bridgehead atoms. The van der Waals surface area contributed by atoms with Crippen LogP contribution in [-0.2, 0) is 6.42 Å². The second-order valence-corrected chi connectivity index (χ2v) is 8.87. The van der Waals surface area contributed by atoms with Crippen LogP contribution in [0.1, 0.15) is 35.4 Å². The van der Waals surface area contributed by atoms with E-state index in [-0.39, 0.29) is 17.4 Å². The number of pyridine rings is 1. The number of nitrogens with two attached hydrogens (primary N) is 1. The first-order valence-electron chi connectivity index (χ1n) is 10.8. The van der Waals surface area contributed by atoms with Gasteiger partial charge in [-0.1, -0.05) is 31.4 Å². The first-order valence-corrected chi connectivity index (χ1v) is 10.8. The highest BCUT2D eigenvalue weighted by Gasteiger charge is 2.42. The third kappa shape index (κ3) is 4.74. The number of H-pyrrole nitrogens is 1. The Morgan fingerprint density at radius 1 is 1.12 bits per heavy atom. The normalized spacial score (nSPS) is 21.6. The number of piperidine rings is 1. The van der Waals surface area contributed by atoms with E-state index in [1.807, 2.05) is 0 Å². The second-order valence-electron chi connectivity index (χ2n) is 8.87. The minimum absolute atomic E-state index is 0.0985. The van der Waals surface area contributed by atoms with E-state index in [2.05, 4.69) is 23.5 Å². The summed E-state index contributed by atoms with van der Waals surface area (Å²) < 4.78 is 27.1. The zero-order valence-electron chi connectivity index (χ0n) is 18.2. The van der Waals surface area contributed by atoms with Crippen LogP contribution in [0.5, 0.6) is 5.75 Å². The predicted molar refractivity (Wildman–Crippen MR) is 125 cm³/mol. The van der Waals surface area contributed by atoms with Crippen molar-refractivity contribution in [2.45, 2.75) is 36.8 Å². The molecule has 1 fully saturated rings. The van der Waals surface area contributed by atoms with Crippen LogP contribution in [0.25, 0.3) is 13.2 Å². The number of benzene rings is 2. The Morgan fingerprint density at radius 2 is 1.85 bits per heavy atom. The maximum Gasteiger partial charge on any atom is 0.252 e. The Balaban J connectivity index is 1.74. The summed E-state index contributed by atoms with van der Waals surface area (Å²) in [7, 11) is 0. The van der Waals surface area contributed by atoms with Gasteiger partial charge in [-0.15, -0.1) is 0 Å². The van der Waals surface area contributed by atoms with E-state index in [0.29, 0.717) is 47.5 Å². The fourth-order valence-corrected chi connectivity index (χ4v) is 4.83. The molecule has 0 saturated carbocycles. The molecule has 1 aliphatic heterocycles. The predicted octanol–water partition coefficient (Wildman–Crippen LogP) is 2.00. The van der Waals surface area contributed by atoms with Crippen LogP contribution in [0.3, 0.4) is 0 Å². The number of phenols is 1. The van der Waals surface area contributed by atoms with Crippen molar-refractivity contribution in [3.8, 4) is 5.75 Å². The van der Waals surface area contributed by atoms with Crippen molar-refractivity contribution in [1.29, 1.82) is 0 Å². The summed E-state index contributed by atoms with van der Waals surface area (Å²) in [5.74, 6) is -2.12. The molecule has 5 N–H and O–H groups in total. The van der Waals surface area contributed by atoms with Gasteiger partial charge in [-0.2, -0.15) is 0 Å². The second kappa shape index (κ2) is 8.92. The van der Waals surface area contributed by atoms with Gasteiger partial charge in [0.15, 0.2) is 11.6 Å². The summed E-state index contributed by atoms with van der Waals surface area (Å²) in [5.41, 5.74) is 7.88. The Morgan fingerprint density at radius 3 is 2.55 bits per heavy atom. The first kappa shape index (κ1) is 22.9. The topological polar surface area (TPSA) is 91.1 Å². The van der Waals surface area contributed by atoms with Crippen molar-refractivity contribution in [3.63, 3.8) is 0 Å². The summed E-state index contributed by atoms with van der Waals surface area (Å²) in [4.78, 5) is 15.7. The molecular formula is C26H27F2N3O2. The van der Waals surface area contributed by atoms with Crippen LogP contribution in [-0.4, -0.2) is 28.2 Å². The Bertz CT molecular complexity index is 1320. The van der Waals surface area contributed by atoms with Gasteiger partial charge in [0.1, 0.15) is 5.75 Å². The Labute approximate surface area is 190 Å². The number of hydrogen-bond acceptors (Lipinski definition) is 4. The van der Waals surface area contributed by atoms with Crippen molar-refractivity contribution in [1.82, 2.24) is 10.3 Å². The lowest BCUT2D eigenvalue weighted by Gasteiger charge is -2.44. The lowest BCUT2D eigenvalue weighted by Crippen LogP contribution is -2.58. The van der Waals surface area contributed by atoms with Gasteiger partial charge >= 0.3 is 0 Å². The van der Waals surface area contributed by atoms with Crippen LogP contribution < -0.4 is 27.2 Å². The van der Waals surface area contributed by atoms with Crippen LogP contribution in [0.2, 0.25) is 0 Å². The molecule has 172 valence electrons. The van der Waals surface area contributed by atoms with E-state index >= 15 is 0 Å². The van der Waals surface area contributed by atoms with Crippen LogP contribution in [0, 0.1) is 11.6 Å². The average molecular weight is 452 g/mol. The summed E-state index contributed by atoms with van der Waals surface area (Å²) >= 11 is 0. The summed E-state index contributed by atoms with van der Waals surface area (Å²) in [6.07, 6.45) is 1.55. The fraction of sp³-hybridized carbons (Fsp3) is 0.269.